The Labute approximate surface area is 136 Å². The number of ether oxygens (including phenoxy) is 1. The van der Waals surface area contributed by atoms with E-state index in [1.54, 1.807) is 7.11 Å². The van der Waals surface area contributed by atoms with Gasteiger partial charge in [-0.2, -0.15) is 5.10 Å². The molecule has 3 aromatic rings. The van der Waals surface area contributed by atoms with Crippen LogP contribution in [0, 0.1) is 13.8 Å². The molecule has 0 aliphatic rings. The number of benzene rings is 2. The van der Waals surface area contributed by atoms with Gasteiger partial charge in [0.25, 0.3) is 0 Å². The highest BCUT2D eigenvalue weighted by Gasteiger charge is 2.13. The number of para-hydroxylation sites is 3. The second-order valence-corrected chi connectivity index (χ2v) is 5.45. The van der Waals surface area contributed by atoms with E-state index in [1.165, 1.54) is 5.56 Å². The van der Waals surface area contributed by atoms with E-state index in [1.807, 2.05) is 54.1 Å². The standard InChI is InChI=1S/C19H21N3O/c1-14-17(13-20-18-11-7-8-12-19(18)23-3)15(2)22(21-14)16-9-5-4-6-10-16/h4-12,20H,13H2,1-3H3. The molecular weight excluding hydrogens is 286 g/mol. The number of methoxy groups -OCH3 is 1. The van der Waals surface area contributed by atoms with Crippen LogP contribution in [0.3, 0.4) is 0 Å². The molecule has 4 heteroatoms. The molecule has 0 saturated heterocycles. The summed E-state index contributed by atoms with van der Waals surface area (Å²) in [6.45, 7) is 4.86. The van der Waals surface area contributed by atoms with Gasteiger partial charge in [-0.3, -0.25) is 0 Å². The van der Waals surface area contributed by atoms with Crippen molar-refractivity contribution in [3.8, 4) is 11.4 Å². The molecule has 118 valence electrons. The average Bonchev–Trinajstić information content (AvgIpc) is 2.88. The number of hydrogen-bond acceptors (Lipinski definition) is 3. The molecule has 1 heterocycles. The first-order chi connectivity index (χ1) is 11.2. The maximum Gasteiger partial charge on any atom is 0.141 e. The molecule has 0 amide bonds. The highest BCUT2D eigenvalue weighted by atomic mass is 16.5. The van der Waals surface area contributed by atoms with E-state index in [-0.39, 0.29) is 0 Å². The molecule has 0 saturated carbocycles. The Kier molecular flexibility index (Phi) is 4.33. The van der Waals surface area contributed by atoms with Crippen molar-refractivity contribution < 1.29 is 4.74 Å². The third kappa shape index (κ3) is 3.06. The molecule has 0 bridgehead atoms. The van der Waals surface area contributed by atoms with E-state index in [9.17, 15) is 0 Å². The maximum absolute atomic E-state index is 5.39. The van der Waals surface area contributed by atoms with Crippen LogP contribution in [0.25, 0.3) is 5.69 Å². The van der Waals surface area contributed by atoms with Gasteiger partial charge >= 0.3 is 0 Å². The van der Waals surface area contributed by atoms with Crippen molar-refractivity contribution in [3.63, 3.8) is 0 Å². The van der Waals surface area contributed by atoms with Crippen molar-refractivity contribution in [2.45, 2.75) is 20.4 Å². The molecule has 1 aromatic heterocycles. The molecule has 0 spiro atoms. The second kappa shape index (κ2) is 6.57. The Morgan fingerprint density at radius 1 is 1.00 bits per heavy atom. The van der Waals surface area contributed by atoms with Crippen LogP contribution in [-0.4, -0.2) is 16.9 Å². The third-order valence-corrected chi connectivity index (χ3v) is 4.00. The fourth-order valence-electron chi connectivity index (χ4n) is 2.73. The topological polar surface area (TPSA) is 39.1 Å². The number of nitrogens with one attached hydrogen (secondary N) is 1. The van der Waals surface area contributed by atoms with Gasteiger partial charge in [0, 0.05) is 17.8 Å². The fraction of sp³-hybridized carbons (Fsp3) is 0.211. The molecule has 0 radical (unpaired) electrons. The Morgan fingerprint density at radius 2 is 1.70 bits per heavy atom. The number of hydrogen-bond donors (Lipinski definition) is 1. The predicted octanol–water partition coefficient (Wildman–Crippen LogP) is 4.11. The summed E-state index contributed by atoms with van der Waals surface area (Å²) >= 11 is 0. The summed E-state index contributed by atoms with van der Waals surface area (Å²) in [4.78, 5) is 0. The summed E-state index contributed by atoms with van der Waals surface area (Å²) < 4.78 is 7.38. The SMILES string of the molecule is COc1ccccc1NCc1c(C)nn(-c2ccccc2)c1C. The summed E-state index contributed by atoms with van der Waals surface area (Å²) in [7, 11) is 1.68. The Morgan fingerprint density at radius 3 is 2.43 bits per heavy atom. The van der Waals surface area contributed by atoms with Crippen molar-refractivity contribution in [1.29, 1.82) is 0 Å². The smallest absolute Gasteiger partial charge is 0.141 e. The lowest BCUT2D eigenvalue weighted by atomic mass is 10.2. The van der Waals surface area contributed by atoms with Crippen LogP contribution in [-0.2, 0) is 6.54 Å². The largest absolute Gasteiger partial charge is 0.495 e. The van der Waals surface area contributed by atoms with E-state index in [4.69, 9.17) is 4.74 Å². The van der Waals surface area contributed by atoms with Crippen LogP contribution in [0.4, 0.5) is 5.69 Å². The number of nitrogens with zero attached hydrogens (tertiary/aromatic N) is 2. The van der Waals surface area contributed by atoms with Gasteiger partial charge in [0.2, 0.25) is 0 Å². The van der Waals surface area contributed by atoms with Crippen LogP contribution in [0.1, 0.15) is 17.0 Å². The lowest BCUT2D eigenvalue weighted by Gasteiger charge is -2.11. The molecule has 0 fully saturated rings. The summed E-state index contributed by atoms with van der Waals surface area (Å²) in [6, 6.07) is 18.1. The monoisotopic (exact) mass is 307 g/mol. The third-order valence-electron chi connectivity index (χ3n) is 4.00. The molecule has 0 aliphatic carbocycles. The number of rotatable bonds is 5. The van der Waals surface area contributed by atoms with E-state index in [2.05, 4.69) is 29.5 Å². The van der Waals surface area contributed by atoms with E-state index in [0.29, 0.717) is 6.54 Å². The zero-order valence-corrected chi connectivity index (χ0v) is 13.7. The molecule has 4 nitrogen and oxygen atoms in total. The highest BCUT2D eigenvalue weighted by molar-refractivity contribution is 5.56. The van der Waals surface area contributed by atoms with Crippen LogP contribution in [0.15, 0.2) is 54.6 Å². The van der Waals surface area contributed by atoms with Gasteiger partial charge in [0.1, 0.15) is 5.75 Å². The minimum Gasteiger partial charge on any atom is -0.495 e. The Balaban J connectivity index is 1.85. The molecule has 3 rings (SSSR count). The molecule has 23 heavy (non-hydrogen) atoms. The normalized spacial score (nSPS) is 10.6. The first-order valence-corrected chi connectivity index (χ1v) is 7.68. The number of aryl methyl sites for hydroxylation is 1. The predicted molar refractivity (Wildman–Crippen MR) is 93.4 cm³/mol. The maximum atomic E-state index is 5.39. The molecule has 0 unspecified atom stereocenters. The zero-order chi connectivity index (χ0) is 16.2. The minimum absolute atomic E-state index is 0.713. The minimum atomic E-state index is 0.713. The van der Waals surface area contributed by atoms with Gasteiger partial charge in [-0.15, -0.1) is 0 Å². The van der Waals surface area contributed by atoms with E-state index in [0.717, 1.165) is 28.5 Å². The van der Waals surface area contributed by atoms with Crippen LogP contribution < -0.4 is 10.1 Å². The summed E-state index contributed by atoms with van der Waals surface area (Å²) in [5, 5.41) is 8.13. The van der Waals surface area contributed by atoms with E-state index < -0.39 is 0 Å². The lowest BCUT2D eigenvalue weighted by molar-refractivity contribution is 0.416. The Hall–Kier alpha value is -2.75. The second-order valence-electron chi connectivity index (χ2n) is 5.45. The lowest BCUT2D eigenvalue weighted by Crippen LogP contribution is -2.04. The summed E-state index contributed by atoms with van der Waals surface area (Å²) in [5.41, 5.74) is 5.46. The zero-order valence-electron chi connectivity index (χ0n) is 13.7. The van der Waals surface area contributed by atoms with Crippen molar-refractivity contribution >= 4 is 5.69 Å². The highest BCUT2D eigenvalue weighted by Crippen LogP contribution is 2.25. The van der Waals surface area contributed by atoms with Gasteiger partial charge < -0.3 is 10.1 Å². The summed E-state index contributed by atoms with van der Waals surface area (Å²) in [5.74, 6) is 0.846. The molecule has 0 aliphatic heterocycles. The van der Waals surface area contributed by atoms with Crippen molar-refractivity contribution in [2.75, 3.05) is 12.4 Å². The van der Waals surface area contributed by atoms with Gasteiger partial charge in [0.05, 0.1) is 24.2 Å². The van der Waals surface area contributed by atoms with Gasteiger partial charge in [-0.1, -0.05) is 30.3 Å². The molecule has 2 aromatic carbocycles. The first kappa shape index (κ1) is 15.2. The van der Waals surface area contributed by atoms with Crippen molar-refractivity contribution in [2.24, 2.45) is 0 Å². The van der Waals surface area contributed by atoms with Crippen molar-refractivity contribution in [1.82, 2.24) is 9.78 Å². The molecular formula is C19H21N3O. The Bertz CT molecular complexity index is 794. The van der Waals surface area contributed by atoms with Gasteiger partial charge in [-0.05, 0) is 38.1 Å². The average molecular weight is 307 g/mol. The van der Waals surface area contributed by atoms with E-state index >= 15 is 0 Å². The molecule has 1 N–H and O–H groups in total. The summed E-state index contributed by atoms with van der Waals surface area (Å²) in [6.07, 6.45) is 0. The first-order valence-electron chi connectivity index (χ1n) is 7.68. The van der Waals surface area contributed by atoms with Crippen LogP contribution in [0.5, 0.6) is 5.75 Å². The van der Waals surface area contributed by atoms with Gasteiger partial charge in [0.15, 0.2) is 0 Å². The molecule has 0 atom stereocenters. The van der Waals surface area contributed by atoms with Crippen molar-refractivity contribution in [3.05, 3.63) is 71.5 Å². The number of anilines is 1. The van der Waals surface area contributed by atoms with Gasteiger partial charge in [-0.25, -0.2) is 4.68 Å². The van der Waals surface area contributed by atoms with Crippen LogP contribution in [0.2, 0.25) is 0 Å². The number of aromatic nitrogens is 2. The van der Waals surface area contributed by atoms with Crippen LogP contribution >= 0.6 is 0 Å². The fourth-order valence-corrected chi connectivity index (χ4v) is 2.73. The quantitative estimate of drug-likeness (QED) is 0.771.